The molecule has 152 valence electrons. The molecule has 1 atom stereocenters. The lowest BCUT2D eigenvalue weighted by molar-refractivity contribution is -0.141. The first-order valence-corrected chi connectivity index (χ1v) is 9.19. The number of urea groups is 1. The Morgan fingerprint density at radius 1 is 1.25 bits per heavy atom. The van der Waals surface area contributed by atoms with Gasteiger partial charge in [0.15, 0.2) is 0 Å². The molecule has 28 heavy (non-hydrogen) atoms. The zero-order valence-electron chi connectivity index (χ0n) is 15.8. The zero-order valence-corrected chi connectivity index (χ0v) is 15.8. The van der Waals surface area contributed by atoms with Crippen LogP contribution in [0.4, 0.5) is 23.7 Å². The topological polar surface area (TPSA) is 74.2 Å². The van der Waals surface area contributed by atoms with Crippen molar-refractivity contribution in [3.8, 4) is 0 Å². The molecule has 1 unspecified atom stereocenters. The highest BCUT2D eigenvalue weighted by Gasteiger charge is 2.32. The second kappa shape index (κ2) is 9.54. The van der Waals surface area contributed by atoms with Crippen molar-refractivity contribution in [1.82, 2.24) is 10.3 Å². The molecule has 1 aromatic heterocycles. The van der Waals surface area contributed by atoms with Gasteiger partial charge in [0, 0.05) is 24.8 Å². The predicted octanol–water partition coefficient (Wildman–Crippen LogP) is 4.30. The van der Waals surface area contributed by atoms with Crippen LogP contribution in [0, 0.1) is 0 Å². The van der Waals surface area contributed by atoms with Gasteiger partial charge in [0.1, 0.15) is 5.69 Å². The Balaban J connectivity index is 0.00000136. The number of nitrogens with one attached hydrogen (secondary N) is 2. The second-order valence-electron chi connectivity index (χ2n) is 6.20. The third kappa shape index (κ3) is 5.69. The van der Waals surface area contributed by atoms with Crippen LogP contribution in [-0.2, 0) is 25.6 Å². The summed E-state index contributed by atoms with van der Waals surface area (Å²) < 4.78 is 37.4. The Morgan fingerprint density at radius 3 is 2.64 bits per heavy atom. The number of amides is 2. The summed E-state index contributed by atoms with van der Waals surface area (Å²) in [5.41, 5.74) is 2.13. The first-order chi connectivity index (χ1) is 13.3. The molecule has 3 N–H and O–H groups in total. The van der Waals surface area contributed by atoms with E-state index in [4.69, 9.17) is 0 Å². The van der Waals surface area contributed by atoms with Crippen LogP contribution < -0.4 is 10.6 Å². The summed E-state index contributed by atoms with van der Waals surface area (Å²) in [6, 6.07) is 7.25. The standard InChI is InChI=1S/C18H18F3N3O2.C2H6/c19-18(20,21)16-7-4-11(9-22-16)10-23-17(26)24-15-3-1-2-12-5-6-13(25)8-14(12)15;1-2/h1-4,7,9,13,25H,5-6,8,10H2,(H2,23,24,26);1-2H3. The van der Waals surface area contributed by atoms with Crippen LogP contribution in [0.25, 0.3) is 0 Å². The third-order valence-electron chi connectivity index (χ3n) is 4.28. The summed E-state index contributed by atoms with van der Waals surface area (Å²) in [7, 11) is 0. The summed E-state index contributed by atoms with van der Waals surface area (Å²) in [6.45, 7) is 4.05. The van der Waals surface area contributed by atoms with E-state index < -0.39 is 24.0 Å². The van der Waals surface area contributed by atoms with Gasteiger partial charge in [-0.3, -0.25) is 4.98 Å². The molecule has 8 heteroatoms. The largest absolute Gasteiger partial charge is 0.433 e. The molecule has 2 aromatic rings. The molecule has 3 rings (SSSR count). The molecule has 5 nitrogen and oxygen atoms in total. The smallest absolute Gasteiger partial charge is 0.393 e. The van der Waals surface area contributed by atoms with Crippen molar-refractivity contribution >= 4 is 11.7 Å². The van der Waals surface area contributed by atoms with Crippen molar-refractivity contribution in [2.24, 2.45) is 0 Å². The fraction of sp³-hybridized carbons (Fsp3) is 0.400. The molecule has 0 saturated heterocycles. The minimum Gasteiger partial charge on any atom is -0.393 e. The summed E-state index contributed by atoms with van der Waals surface area (Å²) in [6.07, 6.45) is -1.89. The normalized spacial score (nSPS) is 15.7. The highest BCUT2D eigenvalue weighted by Crippen LogP contribution is 2.28. The van der Waals surface area contributed by atoms with Gasteiger partial charge < -0.3 is 15.7 Å². The van der Waals surface area contributed by atoms with E-state index in [2.05, 4.69) is 15.6 Å². The van der Waals surface area contributed by atoms with Gasteiger partial charge in [0.05, 0.1) is 6.10 Å². The number of anilines is 1. The summed E-state index contributed by atoms with van der Waals surface area (Å²) in [5.74, 6) is 0. The fourth-order valence-corrected chi connectivity index (χ4v) is 2.93. The number of hydrogen-bond acceptors (Lipinski definition) is 3. The number of benzene rings is 1. The quantitative estimate of drug-likeness (QED) is 0.726. The van der Waals surface area contributed by atoms with Crippen molar-refractivity contribution in [1.29, 1.82) is 0 Å². The van der Waals surface area contributed by atoms with E-state index in [1.165, 1.54) is 6.07 Å². The zero-order chi connectivity index (χ0) is 20.7. The Kier molecular flexibility index (Phi) is 7.39. The number of nitrogens with zero attached hydrogens (tertiary/aromatic N) is 1. The van der Waals surface area contributed by atoms with Crippen LogP contribution in [0.5, 0.6) is 0 Å². The maximum absolute atomic E-state index is 12.5. The number of aliphatic hydroxyl groups is 1. The van der Waals surface area contributed by atoms with Crippen LogP contribution in [0.3, 0.4) is 0 Å². The van der Waals surface area contributed by atoms with Gasteiger partial charge in [-0.15, -0.1) is 0 Å². The average molecular weight is 395 g/mol. The molecule has 0 aliphatic heterocycles. The van der Waals surface area contributed by atoms with Crippen LogP contribution in [0.2, 0.25) is 0 Å². The second-order valence-corrected chi connectivity index (χ2v) is 6.20. The van der Waals surface area contributed by atoms with Gasteiger partial charge in [0.2, 0.25) is 0 Å². The van der Waals surface area contributed by atoms with Gasteiger partial charge in [-0.05, 0) is 41.7 Å². The van der Waals surface area contributed by atoms with E-state index in [1.807, 2.05) is 26.0 Å². The first kappa shape index (κ1) is 21.7. The lowest BCUT2D eigenvalue weighted by atomic mass is 9.88. The predicted molar refractivity (Wildman–Crippen MR) is 101 cm³/mol. The minimum absolute atomic E-state index is 0.0502. The molecular formula is C20H24F3N3O2. The molecule has 0 bridgehead atoms. The molecule has 0 fully saturated rings. The van der Waals surface area contributed by atoms with Crippen molar-refractivity contribution in [3.05, 3.63) is 58.9 Å². The van der Waals surface area contributed by atoms with Crippen LogP contribution >= 0.6 is 0 Å². The lowest BCUT2D eigenvalue weighted by Crippen LogP contribution is -2.29. The lowest BCUT2D eigenvalue weighted by Gasteiger charge is -2.23. The number of alkyl halides is 3. The molecular weight excluding hydrogens is 371 g/mol. The van der Waals surface area contributed by atoms with Crippen LogP contribution in [0.1, 0.15) is 42.7 Å². The first-order valence-electron chi connectivity index (χ1n) is 9.19. The maximum atomic E-state index is 12.5. The summed E-state index contributed by atoms with van der Waals surface area (Å²) >= 11 is 0. The Labute approximate surface area is 162 Å². The Hall–Kier alpha value is -2.61. The maximum Gasteiger partial charge on any atom is 0.433 e. The number of fused-ring (bicyclic) bond motifs is 1. The number of carbonyl (C=O) groups excluding carboxylic acids is 1. The number of pyridine rings is 1. The molecule has 0 saturated carbocycles. The number of aromatic nitrogens is 1. The minimum atomic E-state index is -4.49. The van der Waals surface area contributed by atoms with Gasteiger partial charge >= 0.3 is 12.2 Å². The number of halogens is 3. The average Bonchev–Trinajstić information content (AvgIpc) is 2.68. The molecule has 1 aliphatic carbocycles. The van der Waals surface area contributed by atoms with Crippen LogP contribution in [-0.4, -0.2) is 22.2 Å². The monoisotopic (exact) mass is 395 g/mol. The Bertz CT molecular complexity index is 792. The van der Waals surface area contributed by atoms with Crippen molar-refractivity contribution in [3.63, 3.8) is 0 Å². The molecule has 2 amide bonds. The summed E-state index contributed by atoms with van der Waals surface area (Å²) in [5, 5.41) is 15.2. The van der Waals surface area contributed by atoms with E-state index in [0.29, 0.717) is 24.1 Å². The molecule has 1 aromatic carbocycles. The van der Waals surface area contributed by atoms with Gasteiger partial charge in [0.25, 0.3) is 0 Å². The van der Waals surface area contributed by atoms with Crippen LogP contribution in [0.15, 0.2) is 36.5 Å². The van der Waals surface area contributed by atoms with E-state index in [0.717, 1.165) is 29.8 Å². The third-order valence-corrected chi connectivity index (χ3v) is 4.28. The van der Waals surface area contributed by atoms with Crippen molar-refractivity contribution in [2.75, 3.05) is 5.32 Å². The number of rotatable bonds is 3. The number of aryl methyl sites for hydroxylation is 1. The molecule has 0 spiro atoms. The number of carbonyl (C=O) groups is 1. The highest BCUT2D eigenvalue weighted by atomic mass is 19.4. The van der Waals surface area contributed by atoms with E-state index in [9.17, 15) is 23.1 Å². The number of aliphatic hydroxyl groups excluding tert-OH is 1. The fourth-order valence-electron chi connectivity index (χ4n) is 2.93. The number of hydrogen-bond donors (Lipinski definition) is 3. The van der Waals surface area contributed by atoms with Crippen molar-refractivity contribution < 1.29 is 23.1 Å². The van der Waals surface area contributed by atoms with Crippen molar-refractivity contribution in [2.45, 2.75) is 51.9 Å². The SMILES string of the molecule is CC.O=C(NCc1ccc(C(F)(F)F)nc1)Nc1cccc2c1CC(O)CC2. The molecule has 1 heterocycles. The molecule has 1 aliphatic rings. The van der Waals surface area contributed by atoms with E-state index in [-0.39, 0.29) is 6.54 Å². The molecule has 0 radical (unpaired) electrons. The summed E-state index contributed by atoms with van der Waals surface area (Å²) in [4.78, 5) is 15.4. The highest BCUT2D eigenvalue weighted by molar-refractivity contribution is 5.90. The Morgan fingerprint density at radius 2 is 2.00 bits per heavy atom. The van der Waals surface area contributed by atoms with Gasteiger partial charge in [-0.2, -0.15) is 13.2 Å². The van der Waals surface area contributed by atoms with E-state index in [1.54, 1.807) is 6.07 Å². The van der Waals surface area contributed by atoms with E-state index >= 15 is 0 Å². The van der Waals surface area contributed by atoms with Gasteiger partial charge in [-0.1, -0.05) is 32.0 Å². The van der Waals surface area contributed by atoms with Gasteiger partial charge in [-0.25, -0.2) is 4.79 Å².